The van der Waals surface area contributed by atoms with E-state index in [1.807, 2.05) is 0 Å². The number of benzene rings is 2. The molecule has 1 aliphatic heterocycles. The Kier molecular flexibility index (Phi) is 5.93. The van der Waals surface area contributed by atoms with Gasteiger partial charge < -0.3 is 16.0 Å². The topological polar surface area (TPSA) is 75.4 Å². The van der Waals surface area contributed by atoms with Gasteiger partial charge in [0.1, 0.15) is 5.82 Å². The molecule has 0 saturated heterocycles. The maximum Gasteiger partial charge on any atom is 0.254 e. The Morgan fingerprint density at radius 2 is 1.94 bits per heavy atom. The molecule has 10 heteroatoms. The second kappa shape index (κ2) is 8.37. The first kappa shape index (κ1) is 22.0. The lowest BCUT2D eigenvalue weighted by Crippen LogP contribution is -2.50. The lowest BCUT2D eigenvalue weighted by molar-refractivity contribution is -0.119. The molecule has 0 bridgehead atoms. The van der Waals surface area contributed by atoms with Crippen molar-refractivity contribution in [1.29, 1.82) is 0 Å². The molecule has 0 aromatic heterocycles. The number of nitrogens with one attached hydrogen (secondary N) is 1. The molecule has 5 nitrogen and oxygen atoms in total. The first-order chi connectivity index (χ1) is 14.6. The summed E-state index contributed by atoms with van der Waals surface area (Å²) < 4.78 is 40.8. The van der Waals surface area contributed by atoms with E-state index in [0.717, 1.165) is 5.56 Å². The van der Waals surface area contributed by atoms with Crippen molar-refractivity contribution in [2.24, 2.45) is 5.73 Å². The minimum absolute atomic E-state index is 0.152. The van der Waals surface area contributed by atoms with E-state index < -0.39 is 42.6 Å². The monoisotopic (exact) mass is 469 g/mol. The minimum Gasteiger partial charge on any atom is -0.349 e. The highest BCUT2D eigenvalue weighted by Gasteiger charge is 2.46. The summed E-state index contributed by atoms with van der Waals surface area (Å²) in [7, 11) is 0. The highest BCUT2D eigenvalue weighted by molar-refractivity contribution is 7.99. The van der Waals surface area contributed by atoms with E-state index in [1.165, 1.54) is 28.8 Å². The van der Waals surface area contributed by atoms with Crippen molar-refractivity contribution in [2.75, 3.05) is 10.7 Å². The Hall–Kier alpha value is -2.23. The number of carbonyl (C=O) groups excluding carboxylic acids is 2. The number of anilines is 1. The molecule has 1 atom stereocenters. The fourth-order valence-electron chi connectivity index (χ4n) is 3.58. The third-order valence-corrected chi connectivity index (χ3v) is 6.68. The molecule has 0 spiro atoms. The maximum atomic E-state index is 14.7. The molecule has 0 unspecified atom stereocenters. The third-order valence-electron chi connectivity index (χ3n) is 5.26. The first-order valence-corrected chi connectivity index (χ1v) is 11.0. The first-order valence-electron chi connectivity index (χ1n) is 9.59. The number of hydrogen-bond donors (Lipinski definition) is 2. The third kappa shape index (κ3) is 4.68. The zero-order valence-corrected chi connectivity index (χ0v) is 17.8. The van der Waals surface area contributed by atoms with E-state index in [9.17, 15) is 22.8 Å². The molecule has 1 aliphatic carbocycles. The summed E-state index contributed by atoms with van der Waals surface area (Å²) in [5, 5.41) is 2.98. The van der Waals surface area contributed by atoms with Crippen molar-refractivity contribution in [1.82, 2.24) is 5.32 Å². The van der Waals surface area contributed by atoms with Crippen LogP contribution in [0.15, 0.2) is 41.3 Å². The lowest BCUT2D eigenvalue weighted by Gasteiger charge is -2.35. The van der Waals surface area contributed by atoms with Gasteiger partial charge in [0.05, 0.1) is 23.8 Å². The van der Waals surface area contributed by atoms with Crippen molar-refractivity contribution >= 4 is 40.9 Å². The van der Waals surface area contributed by atoms with Gasteiger partial charge >= 0.3 is 0 Å². The number of rotatable bonds is 4. The lowest BCUT2D eigenvalue weighted by atomic mass is 9.88. The Balaban J connectivity index is 1.66. The molecule has 2 aromatic rings. The predicted octanol–water partition coefficient (Wildman–Crippen LogP) is 3.97. The maximum absolute atomic E-state index is 14.7. The van der Waals surface area contributed by atoms with E-state index in [2.05, 4.69) is 5.32 Å². The van der Waals surface area contributed by atoms with Crippen LogP contribution < -0.4 is 16.0 Å². The van der Waals surface area contributed by atoms with Gasteiger partial charge in [-0.25, -0.2) is 13.2 Å². The predicted molar refractivity (Wildman–Crippen MR) is 113 cm³/mol. The van der Waals surface area contributed by atoms with E-state index >= 15 is 0 Å². The standard InChI is InChI=1S/C21H19ClF3N3O2S/c22-12-3-1-11(2-4-12)9-28-17-5-14(19(29)27-13-7-21(24,25)8-13)15(23)6-18(17)31-10-16(26)20(28)30/h1-6,13,16H,7-10,26H2,(H,27,29)/t16-/m0/s1. The second-order valence-corrected chi connectivity index (χ2v) is 9.20. The van der Waals surface area contributed by atoms with E-state index in [1.54, 1.807) is 24.3 Å². The van der Waals surface area contributed by atoms with Crippen LogP contribution in [0.5, 0.6) is 0 Å². The van der Waals surface area contributed by atoms with E-state index in [-0.39, 0.29) is 23.8 Å². The molecule has 2 aliphatic rings. The minimum atomic E-state index is -2.81. The van der Waals surface area contributed by atoms with Crippen LogP contribution in [0.3, 0.4) is 0 Å². The molecule has 2 aromatic carbocycles. The molecule has 1 saturated carbocycles. The molecule has 3 N–H and O–H groups in total. The van der Waals surface area contributed by atoms with Crippen LogP contribution in [0.1, 0.15) is 28.8 Å². The number of alkyl halides is 2. The number of fused-ring (bicyclic) bond motifs is 1. The van der Waals surface area contributed by atoms with Crippen LogP contribution in [0.25, 0.3) is 0 Å². The van der Waals surface area contributed by atoms with Crippen molar-refractivity contribution in [2.45, 2.75) is 42.3 Å². The number of hydrogen-bond acceptors (Lipinski definition) is 4. The van der Waals surface area contributed by atoms with Crippen molar-refractivity contribution in [3.63, 3.8) is 0 Å². The van der Waals surface area contributed by atoms with Crippen molar-refractivity contribution in [3.05, 3.63) is 58.4 Å². The Morgan fingerprint density at radius 3 is 2.58 bits per heavy atom. The summed E-state index contributed by atoms with van der Waals surface area (Å²) in [6.45, 7) is 0.152. The number of amides is 2. The summed E-state index contributed by atoms with van der Waals surface area (Å²) >= 11 is 7.15. The van der Waals surface area contributed by atoms with Crippen LogP contribution in [-0.2, 0) is 11.3 Å². The van der Waals surface area contributed by atoms with Gasteiger partial charge in [-0.2, -0.15) is 0 Å². The highest BCUT2D eigenvalue weighted by Crippen LogP contribution is 2.39. The average Bonchev–Trinajstić information content (AvgIpc) is 2.79. The van der Waals surface area contributed by atoms with Crippen LogP contribution in [0, 0.1) is 5.82 Å². The fourth-order valence-corrected chi connectivity index (χ4v) is 4.71. The molecule has 164 valence electrons. The molecule has 1 heterocycles. The summed E-state index contributed by atoms with van der Waals surface area (Å²) in [6, 6.07) is 7.84. The molecular formula is C21H19ClF3N3O2S. The van der Waals surface area contributed by atoms with Gasteiger partial charge in [0.15, 0.2) is 0 Å². The highest BCUT2D eigenvalue weighted by atomic mass is 35.5. The second-order valence-electron chi connectivity index (χ2n) is 7.70. The molecule has 0 radical (unpaired) electrons. The number of nitrogens with zero attached hydrogens (tertiary/aromatic N) is 1. The van der Waals surface area contributed by atoms with Crippen LogP contribution in [0.2, 0.25) is 5.02 Å². The Bertz CT molecular complexity index is 1030. The summed E-state index contributed by atoms with van der Waals surface area (Å²) in [5.74, 6) is -4.50. The molecule has 31 heavy (non-hydrogen) atoms. The van der Waals surface area contributed by atoms with E-state index in [4.69, 9.17) is 17.3 Å². The smallest absolute Gasteiger partial charge is 0.254 e. The number of thioether (sulfide) groups is 1. The molecule has 2 amide bonds. The largest absolute Gasteiger partial charge is 0.349 e. The average molecular weight is 470 g/mol. The number of halogens is 4. The van der Waals surface area contributed by atoms with Crippen LogP contribution in [-0.4, -0.2) is 35.6 Å². The zero-order valence-electron chi connectivity index (χ0n) is 16.2. The van der Waals surface area contributed by atoms with Gasteiger partial charge in [0.2, 0.25) is 5.91 Å². The Morgan fingerprint density at radius 1 is 1.26 bits per heavy atom. The number of carbonyl (C=O) groups is 2. The van der Waals surface area contributed by atoms with Gasteiger partial charge in [0, 0.05) is 34.6 Å². The Labute approximate surface area is 186 Å². The van der Waals surface area contributed by atoms with Gasteiger partial charge in [0.25, 0.3) is 11.8 Å². The molecule has 1 fully saturated rings. The van der Waals surface area contributed by atoms with Gasteiger partial charge in [-0.3, -0.25) is 9.59 Å². The number of nitrogens with two attached hydrogens (primary N) is 1. The summed E-state index contributed by atoms with van der Waals surface area (Å²) in [5.41, 5.74) is 6.82. The van der Waals surface area contributed by atoms with Crippen LogP contribution in [0.4, 0.5) is 18.9 Å². The van der Waals surface area contributed by atoms with Gasteiger partial charge in [-0.05, 0) is 29.8 Å². The summed E-state index contributed by atoms with van der Waals surface area (Å²) in [4.78, 5) is 27.4. The SMILES string of the molecule is N[C@H]1CSc2cc(F)c(C(=O)NC3CC(F)(F)C3)cc2N(Cc2ccc(Cl)cc2)C1=O. The van der Waals surface area contributed by atoms with E-state index in [0.29, 0.717) is 15.6 Å². The zero-order chi connectivity index (χ0) is 22.3. The van der Waals surface area contributed by atoms with Gasteiger partial charge in [-0.1, -0.05) is 23.7 Å². The molecular weight excluding hydrogens is 451 g/mol. The quantitative estimate of drug-likeness (QED) is 0.710. The normalized spacial score (nSPS) is 20.6. The fraction of sp³-hybridized carbons (Fsp3) is 0.333. The van der Waals surface area contributed by atoms with Crippen LogP contribution >= 0.6 is 23.4 Å². The summed E-state index contributed by atoms with van der Waals surface area (Å²) in [6.07, 6.45) is -0.950. The van der Waals surface area contributed by atoms with Crippen molar-refractivity contribution < 1.29 is 22.8 Å². The van der Waals surface area contributed by atoms with Crippen molar-refractivity contribution in [3.8, 4) is 0 Å². The van der Waals surface area contributed by atoms with Gasteiger partial charge in [-0.15, -0.1) is 11.8 Å². The molecule has 4 rings (SSSR count).